The van der Waals surface area contributed by atoms with E-state index in [4.69, 9.17) is 10.8 Å². The first-order valence-electron chi connectivity index (χ1n) is 8.55. The summed E-state index contributed by atoms with van der Waals surface area (Å²) in [6.45, 7) is 3.83. The molecule has 7 heteroatoms. The number of H-pyrrole nitrogens is 1. The fourth-order valence-electron chi connectivity index (χ4n) is 3.83. The lowest BCUT2D eigenvalue weighted by Gasteiger charge is -2.22. The van der Waals surface area contributed by atoms with Gasteiger partial charge in [0.05, 0.1) is 5.69 Å². The van der Waals surface area contributed by atoms with Gasteiger partial charge in [-0.1, -0.05) is 19.1 Å². The van der Waals surface area contributed by atoms with E-state index in [1.807, 2.05) is 31.2 Å². The number of nitrogens with one attached hydrogen (secondary N) is 1. The summed E-state index contributed by atoms with van der Waals surface area (Å²) in [5, 5.41) is 9.11. The molecule has 4 rings (SSSR count). The molecule has 6 nitrogen and oxygen atoms in total. The molecule has 2 aromatic rings. The number of benzene rings is 1. The van der Waals surface area contributed by atoms with Gasteiger partial charge in [-0.2, -0.15) is 0 Å². The number of carboxylic acid groups (broad SMARTS) is 1. The van der Waals surface area contributed by atoms with Crippen LogP contribution in [0.3, 0.4) is 0 Å². The molecule has 1 aromatic carbocycles. The SMILES string of the molecule is CCc1cc(C(=O)O)c(=O)[nH]c1-c1ccc(N2CC3CC3(N)C2)cc1.Cl. The van der Waals surface area contributed by atoms with Gasteiger partial charge in [0.25, 0.3) is 5.56 Å². The molecule has 1 saturated heterocycles. The second-order valence-corrected chi connectivity index (χ2v) is 7.13. The molecule has 1 aliphatic carbocycles. The quantitative estimate of drug-likeness (QED) is 0.761. The Labute approximate surface area is 157 Å². The standard InChI is InChI=1S/C19H21N3O3.ClH/c1-2-11-7-15(18(24)25)17(23)21-16(11)12-3-5-14(6-4-12)22-9-13-8-19(13,20)10-22;/h3-7,13H,2,8-10,20H2,1H3,(H,21,23)(H,24,25);1H. The van der Waals surface area contributed by atoms with Crippen LogP contribution in [0.4, 0.5) is 5.69 Å². The van der Waals surface area contributed by atoms with E-state index in [0.717, 1.165) is 36.3 Å². The summed E-state index contributed by atoms with van der Waals surface area (Å²) in [7, 11) is 0. The van der Waals surface area contributed by atoms with Gasteiger partial charge in [-0.25, -0.2) is 4.79 Å². The number of nitrogens with two attached hydrogens (primary N) is 1. The normalized spacial score (nSPS) is 23.3. The number of carbonyl (C=O) groups is 1. The van der Waals surface area contributed by atoms with E-state index in [0.29, 0.717) is 18.0 Å². The summed E-state index contributed by atoms with van der Waals surface area (Å²) in [6.07, 6.45) is 1.76. The van der Waals surface area contributed by atoms with Crippen molar-refractivity contribution in [3.63, 3.8) is 0 Å². The molecule has 0 amide bonds. The van der Waals surface area contributed by atoms with E-state index in [1.165, 1.54) is 6.07 Å². The Kier molecular flexibility index (Phi) is 4.58. The third kappa shape index (κ3) is 2.99. The highest BCUT2D eigenvalue weighted by molar-refractivity contribution is 5.88. The molecule has 2 heterocycles. The third-order valence-corrected chi connectivity index (χ3v) is 5.46. The predicted molar refractivity (Wildman–Crippen MR) is 103 cm³/mol. The maximum atomic E-state index is 12.0. The van der Waals surface area contributed by atoms with Crippen LogP contribution in [-0.2, 0) is 6.42 Å². The molecule has 2 unspecified atom stereocenters. The van der Waals surface area contributed by atoms with Crippen molar-refractivity contribution in [2.45, 2.75) is 25.3 Å². The van der Waals surface area contributed by atoms with Crippen LogP contribution in [-0.4, -0.2) is 34.7 Å². The van der Waals surface area contributed by atoms with Gasteiger partial charge in [-0.05, 0) is 48.1 Å². The van der Waals surface area contributed by atoms with Crippen LogP contribution in [0.5, 0.6) is 0 Å². The van der Waals surface area contributed by atoms with Crippen LogP contribution >= 0.6 is 12.4 Å². The average Bonchev–Trinajstić information content (AvgIpc) is 3.11. The van der Waals surface area contributed by atoms with Crippen molar-refractivity contribution in [1.82, 2.24) is 4.98 Å². The second kappa shape index (κ2) is 6.45. The smallest absolute Gasteiger partial charge is 0.341 e. The van der Waals surface area contributed by atoms with Gasteiger partial charge in [0.1, 0.15) is 5.56 Å². The number of nitrogens with zero attached hydrogens (tertiary/aromatic N) is 1. The number of aromatic carboxylic acids is 1. The minimum atomic E-state index is -1.21. The topological polar surface area (TPSA) is 99.4 Å². The van der Waals surface area contributed by atoms with E-state index in [9.17, 15) is 9.59 Å². The van der Waals surface area contributed by atoms with Crippen LogP contribution in [0.2, 0.25) is 0 Å². The number of piperidine rings is 1. The maximum absolute atomic E-state index is 12.0. The van der Waals surface area contributed by atoms with Gasteiger partial charge in [-0.3, -0.25) is 4.79 Å². The molecule has 0 radical (unpaired) electrons. The van der Waals surface area contributed by atoms with Gasteiger partial charge < -0.3 is 20.7 Å². The van der Waals surface area contributed by atoms with Crippen molar-refractivity contribution in [1.29, 1.82) is 0 Å². The summed E-state index contributed by atoms with van der Waals surface area (Å²) in [5.74, 6) is -0.597. The Balaban J connectivity index is 0.00000196. The number of aromatic amines is 1. The molecule has 2 fully saturated rings. The Morgan fingerprint density at radius 3 is 2.62 bits per heavy atom. The minimum absolute atomic E-state index is 0. The highest BCUT2D eigenvalue weighted by Crippen LogP contribution is 2.48. The van der Waals surface area contributed by atoms with Crippen molar-refractivity contribution < 1.29 is 9.90 Å². The summed E-state index contributed by atoms with van der Waals surface area (Å²) in [6, 6.07) is 9.47. The number of rotatable bonds is 4. The number of aromatic nitrogens is 1. The fourth-order valence-corrected chi connectivity index (χ4v) is 3.83. The number of fused-ring (bicyclic) bond motifs is 1. The summed E-state index contributed by atoms with van der Waals surface area (Å²) in [4.78, 5) is 28.2. The maximum Gasteiger partial charge on any atom is 0.341 e. The largest absolute Gasteiger partial charge is 0.477 e. The number of aryl methyl sites for hydroxylation is 1. The molecular weight excluding hydrogens is 354 g/mol. The van der Waals surface area contributed by atoms with Crippen molar-refractivity contribution >= 4 is 24.1 Å². The molecule has 0 bridgehead atoms. The molecule has 4 N–H and O–H groups in total. The number of pyridine rings is 1. The molecule has 2 atom stereocenters. The Bertz CT molecular complexity index is 909. The molecule has 1 aromatic heterocycles. The monoisotopic (exact) mass is 375 g/mol. The molecule has 1 saturated carbocycles. The lowest BCUT2D eigenvalue weighted by Crippen LogP contribution is -2.33. The summed E-state index contributed by atoms with van der Waals surface area (Å²) >= 11 is 0. The predicted octanol–water partition coefficient (Wildman–Crippen LogP) is 2.26. The zero-order chi connectivity index (χ0) is 17.8. The van der Waals surface area contributed by atoms with Gasteiger partial charge in [-0.15, -0.1) is 12.4 Å². The van der Waals surface area contributed by atoms with Crippen LogP contribution in [0, 0.1) is 5.92 Å². The van der Waals surface area contributed by atoms with Crippen molar-refractivity contribution in [3.05, 3.63) is 51.8 Å². The Morgan fingerprint density at radius 2 is 2.08 bits per heavy atom. The van der Waals surface area contributed by atoms with Crippen LogP contribution in [0.25, 0.3) is 11.3 Å². The van der Waals surface area contributed by atoms with Gasteiger partial charge in [0.2, 0.25) is 0 Å². The van der Waals surface area contributed by atoms with Crippen LogP contribution < -0.4 is 16.2 Å². The first kappa shape index (κ1) is 18.5. The molecule has 2 aliphatic rings. The van der Waals surface area contributed by atoms with E-state index < -0.39 is 11.5 Å². The van der Waals surface area contributed by atoms with E-state index in [-0.39, 0.29) is 23.5 Å². The minimum Gasteiger partial charge on any atom is -0.477 e. The third-order valence-electron chi connectivity index (χ3n) is 5.46. The molecule has 1 aliphatic heterocycles. The summed E-state index contributed by atoms with van der Waals surface area (Å²) < 4.78 is 0. The highest BCUT2D eigenvalue weighted by atomic mass is 35.5. The first-order valence-corrected chi connectivity index (χ1v) is 8.55. The fraction of sp³-hybridized carbons (Fsp3) is 0.368. The molecular formula is C19H22ClN3O3. The highest BCUT2D eigenvalue weighted by Gasteiger charge is 2.57. The summed E-state index contributed by atoms with van der Waals surface area (Å²) in [5.41, 5.74) is 8.98. The van der Waals surface area contributed by atoms with E-state index in [2.05, 4.69) is 9.88 Å². The zero-order valence-electron chi connectivity index (χ0n) is 14.5. The molecule has 138 valence electrons. The van der Waals surface area contributed by atoms with E-state index in [1.54, 1.807) is 0 Å². The number of halogens is 1. The van der Waals surface area contributed by atoms with Crippen molar-refractivity contribution in [2.24, 2.45) is 11.7 Å². The zero-order valence-corrected chi connectivity index (χ0v) is 15.3. The second-order valence-electron chi connectivity index (χ2n) is 7.13. The Morgan fingerprint density at radius 1 is 1.38 bits per heavy atom. The number of carboxylic acids is 1. The van der Waals surface area contributed by atoms with Crippen LogP contribution in [0.15, 0.2) is 35.1 Å². The van der Waals surface area contributed by atoms with Gasteiger partial charge in [0.15, 0.2) is 0 Å². The lowest BCUT2D eigenvalue weighted by atomic mass is 10.0. The first-order chi connectivity index (χ1) is 11.9. The number of anilines is 1. The molecule has 0 spiro atoms. The molecule has 26 heavy (non-hydrogen) atoms. The van der Waals surface area contributed by atoms with Gasteiger partial charge in [0, 0.05) is 24.3 Å². The number of hydrogen-bond donors (Lipinski definition) is 3. The number of hydrogen-bond acceptors (Lipinski definition) is 4. The van der Waals surface area contributed by atoms with Crippen LogP contribution in [0.1, 0.15) is 29.3 Å². The van der Waals surface area contributed by atoms with E-state index >= 15 is 0 Å². The van der Waals surface area contributed by atoms with Gasteiger partial charge >= 0.3 is 5.97 Å². The average molecular weight is 376 g/mol. The van der Waals surface area contributed by atoms with Crippen molar-refractivity contribution in [2.75, 3.05) is 18.0 Å². The Hall–Kier alpha value is -2.31. The lowest BCUT2D eigenvalue weighted by molar-refractivity contribution is 0.0695. The van der Waals surface area contributed by atoms with Crippen molar-refractivity contribution in [3.8, 4) is 11.3 Å².